The van der Waals surface area contributed by atoms with Gasteiger partial charge in [-0.2, -0.15) is 0 Å². The molecule has 0 spiro atoms. The number of nitrogens with zero attached hydrogens (tertiary/aromatic N) is 4. The van der Waals surface area contributed by atoms with E-state index in [4.69, 9.17) is 5.11 Å². The number of aromatic nitrogens is 3. The van der Waals surface area contributed by atoms with E-state index in [0.29, 0.717) is 18.9 Å². The number of carbonyl (C=O) groups is 1. The highest BCUT2D eigenvalue weighted by atomic mass is 16.4. The predicted octanol–water partition coefficient (Wildman–Crippen LogP) is 1.33. The largest absolute Gasteiger partial charge is 0.481 e. The molecule has 1 heterocycles. The van der Waals surface area contributed by atoms with Crippen LogP contribution in [-0.4, -0.2) is 39.8 Å². The summed E-state index contributed by atoms with van der Waals surface area (Å²) in [7, 11) is 1.83. The summed E-state index contributed by atoms with van der Waals surface area (Å²) in [5, 5.41) is 16.7. The van der Waals surface area contributed by atoms with E-state index in [1.165, 1.54) is 0 Å². The van der Waals surface area contributed by atoms with Gasteiger partial charge in [-0.1, -0.05) is 12.1 Å². The molecular weight excluding hydrogens is 232 g/mol. The van der Waals surface area contributed by atoms with Crippen molar-refractivity contribution in [3.8, 4) is 0 Å². The molecule has 0 bridgehead atoms. The van der Waals surface area contributed by atoms with Crippen LogP contribution < -0.4 is 4.90 Å². The van der Waals surface area contributed by atoms with Crippen LogP contribution in [0.2, 0.25) is 0 Å². The number of aliphatic carboxylic acids is 1. The number of anilines is 1. The Morgan fingerprint density at radius 2 is 2.00 bits per heavy atom. The van der Waals surface area contributed by atoms with Gasteiger partial charge in [0.05, 0.1) is 5.52 Å². The average Bonchev–Trinajstić information content (AvgIpc) is 2.37. The zero-order chi connectivity index (χ0) is 13.0. The molecule has 0 amide bonds. The van der Waals surface area contributed by atoms with Crippen molar-refractivity contribution in [3.63, 3.8) is 0 Å². The van der Waals surface area contributed by atoms with Gasteiger partial charge in [-0.15, -0.1) is 10.2 Å². The van der Waals surface area contributed by atoms with Crippen molar-refractivity contribution >= 4 is 23.0 Å². The van der Waals surface area contributed by atoms with Gasteiger partial charge >= 0.3 is 5.97 Å². The third-order valence-corrected chi connectivity index (χ3v) is 2.57. The lowest BCUT2D eigenvalue weighted by atomic mass is 10.3. The second-order valence-corrected chi connectivity index (χ2v) is 4.02. The normalized spacial score (nSPS) is 10.5. The van der Waals surface area contributed by atoms with Crippen LogP contribution in [0, 0.1) is 0 Å². The Hall–Kier alpha value is -2.24. The monoisotopic (exact) mass is 246 g/mol. The van der Waals surface area contributed by atoms with E-state index in [-0.39, 0.29) is 6.42 Å². The standard InChI is InChI=1S/C12H14N4O2/c1-16(8-4-7-11(17)18)12-13-9-5-2-3-6-10(9)14-15-12/h2-3,5-6H,4,7-8H2,1H3,(H,17,18). The molecule has 0 atom stereocenters. The Kier molecular flexibility index (Phi) is 3.66. The molecule has 2 aromatic rings. The molecule has 0 aliphatic heterocycles. The van der Waals surface area contributed by atoms with Crippen LogP contribution in [0.25, 0.3) is 11.0 Å². The highest BCUT2D eigenvalue weighted by Gasteiger charge is 2.07. The molecule has 0 saturated heterocycles. The van der Waals surface area contributed by atoms with Gasteiger partial charge in [-0.3, -0.25) is 4.79 Å². The van der Waals surface area contributed by atoms with Gasteiger partial charge in [-0.25, -0.2) is 4.98 Å². The summed E-state index contributed by atoms with van der Waals surface area (Å²) in [6.45, 7) is 0.590. The number of fused-ring (bicyclic) bond motifs is 1. The number of carboxylic acids is 1. The SMILES string of the molecule is CN(CCCC(=O)O)c1nnc2ccccc2n1. The number of hydrogen-bond acceptors (Lipinski definition) is 5. The Labute approximate surface area is 104 Å². The maximum Gasteiger partial charge on any atom is 0.303 e. The van der Waals surface area contributed by atoms with Crippen molar-refractivity contribution in [1.82, 2.24) is 15.2 Å². The molecule has 1 aromatic heterocycles. The highest BCUT2D eigenvalue weighted by Crippen LogP contribution is 2.11. The summed E-state index contributed by atoms with van der Waals surface area (Å²) in [5.41, 5.74) is 1.53. The minimum absolute atomic E-state index is 0.144. The smallest absolute Gasteiger partial charge is 0.303 e. The van der Waals surface area contributed by atoms with Gasteiger partial charge in [-0.05, 0) is 18.6 Å². The summed E-state index contributed by atoms with van der Waals surface area (Å²) < 4.78 is 0. The maximum absolute atomic E-state index is 10.4. The van der Waals surface area contributed by atoms with Gasteiger partial charge in [0.2, 0.25) is 5.95 Å². The predicted molar refractivity (Wildman–Crippen MR) is 67.5 cm³/mol. The molecule has 94 valence electrons. The number of benzene rings is 1. The first-order valence-corrected chi connectivity index (χ1v) is 5.69. The van der Waals surface area contributed by atoms with Crippen LogP contribution in [0.4, 0.5) is 5.95 Å². The molecule has 0 saturated carbocycles. The molecule has 1 aromatic carbocycles. The van der Waals surface area contributed by atoms with Gasteiger partial charge in [0.25, 0.3) is 0 Å². The first-order valence-electron chi connectivity index (χ1n) is 5.69. The third-order valence-electron chi connectivity index (χ3n) is 2.57. The van der Waals surface area contributed by atoms with Gasteiger partial charge < -0.3 is 10.0 Å². The quantitative estimate of drug-likeness (QED) is 0.857. The van der Waals surface area contributed by atoms with Crippen molar-refractivity contribution in [3.05, 3.63) is 24.3 Å². The summed E-state index contributed by atoms with van der Waals surface area (Å²) in [4.78, 5) is 16.6. The molecule has 0 aliphatic carbocycles. The topological polar surface area (TPSA) is 79.2 Å². The lowest BCUT2D eigenvalue weighted by Gasteiger charge is -2.15. The minimum Gasteiger partial charge on any atom is -0.481 e. The van der Waals surface area contributed by atoms with E-state index >= 15 is 0 Å². The number of para-hydroxylation sites is 1. The molecule has 0 unspecified atom stereocenters. The molecule has 18 heavy (non-hydrogen) atoms. The van der Waals surface area contributed by atoms with Crippen LogP contribution in [0.15, 0.2) is 24.3 Å². The van der Waals surface area contributed by atoms with Crippen LogP contribution in [-0.2, 0) is 4.79 Å². The average molecular weight is 246 g/mol. The Morgan fingerprint density at radius 3 is 2.72 bits per heavy atom. The fraction of sp³-hybridized carbons (Fsp3) is 0.333. The summed E-state index contributed by atoms with van der Waals surface area (Å²) in [5.74, 6) is -0.278. The van der Waals surface area contributed by atoms with Crippen molar-refractivity contribution < 1.29 is 9.90 Å². The molecule has 1 N–H and O–H groups in total. The lowest BCUT2D eigenvalue weighted by Crippen LogP contribution is -2.22. The number of hydrogen-bond donors (Lipinski definition) is 1. The Bertz CT molecular complexity index is 559. The fourth-order valence-corrected chi connectivity index (χ4v) is 1.60. The number of rotatable bonds is 5. The first kappa shape index (κ1) is 12.2. The second kappa shape index (κ2) is 5.39. The second-order valence-electron chi connectivity index (χ2n) is 4.02. The molecular formula is C12H14N4O2. The van der Waals surface area contributed by atoms with Gasteiger partial charge in [0.1, 0.15) is 5.52 Å². The summed E-state index contributed by atoms with van der Waals surface area (Å²) in [6.07, 6.45) is 0.702. The molecule has 6 nitrogen and oxygen atoms in total. The molecule has 0 fully saturated rings. The highest BCUT2D eigenvalue weighted by molar-refractivity contribution is 5.74. The fourth-order valence-electron chi connectivity index (χ4n) is 1.60. The van der Waals surface area contributed by atoms with Crippen molar-refractivity contribution in [1.29, 1.82) is 0 Å². The van der Waals surface area contributed by atoms with Gasteiger partial charge in [0, 0.05) is 20.0 Å². The molecule has 0 radical (unpaired) electrons. The third kappa shape index (κ3) is 2.91. The maximum atomic E-state index is 10.4. The molecule has 6 heteroatoms. The summed E-state index contributed by atoms with van der Waals surface area (Å²) >= 11 is 0. The van der Waals surface area contributed by atoms with Crippen LogP contribution in [0.3, 0.4) is 0 Å². The zero-order valence-electron chi connectivity index (χ0n) is 10.1. The Morgan fingerprint density at radius 1 is 1.28 bits per heavy atom. The van der Waals surface area contributed by atoms with E-state index in [0.717, 1.165) is 11.0 Å². The van der Waals surface area contributed by atoms with Crippen LogP contribution in [0.5, 0.6) is 0 Å². The van der Waals surface area contributed by atoms with Crippen molar-refractivity contribution in [2.75, 3.05) is 18.5 Å². The van der Waals surface area contributed by atoms with Crippen LogP contribution >= 0.6 is 0 Å². The van der Waals surface area contributed by atoms with Crippen LogP contribution in [0.1, 0.15) is 12.8 Å². The minimum atomic E-state index is -0.791. The lowest BCUT2D eigenvalue weighted by molar-refractivity contribution is -0.137. The zero-order valence-corrected chi connectivity index (χ0v) is 10.1. The van der Waals surface area contributed by atoms with Crippen molar-refractivity contribution in [2.24, 2.45) is 0 Å². The van der Waals surface area contributed by atoms with E-state index < -0.39 is 5.97 Å². The van der Waals surface area contributed by atoms with E-state index in [1.54, 1.807) is 0 Å². The van der Waals surface area contributed by atoms with E-state index in [2.05, 4.69) is 15.2 Å². The first-order chi connectivity index (χ1) is 8.66. The Balaban J connectivity index is 2.08. The molecule has 0 aliphatic rings. The van der Waals surface area contributed by atoms with E-state index in [9.17, 15) is 4.79 Å². The molecule has 2 rings (SSSR count). The number of carboxylic acid groups (broad SMARTS) is 1. The van der Waals surface area contributed by atoms with Crippen molar-refractivity contribution in [2.45, 2.75) is 12.8 Å². The summed E-state index contributed by atoms with van der Waals surface area (Å²) in [6, 6.07) is 7.50. The van der Waals surface area contributed by atoms with Gasteiger partial charge in [0.15, 0.2) is 0 Å². The van der Waals surface area contributed by atoms with E-state index in [1.807, 2.05) is 36.2 Å².